The third-order valence-electron chi connectivity index (χ3n) is 4.59. The molecule has 1 aliphatic carbocycles. The third kappa shape index (κ3) is 6.74. The minimum Gasteiger partial charge on any atom is -0.748 e. The third-order valence-corrected chi connectivity index (χ3v) is 5.37. The molecule has 8 heteroatoms. The lowest BCUT2D eigenvalue weighted by Crippen LogP contribution is -2.45. The summed E-state index contributed by atoms with van der Waals surface area (Å²) in [4.78, 5) is 14.2. The molecule has 1 unspecified atom stereocenters. The van der Waals surface area contributed by atoms with Gasteiger partial charge < -0.3 is 14.0 Å². The zero-order valence-electron chi connectivity index (χ0n) is 13.6. The monoisotopic (exact) mass is 348 g/mol. The second kappa shape index (κ2) is 8.41. The van der Waals surface area contributed by atoms with E-state index in [9.17, 15) is 17.8 Å². The molecule has 0 aromatic carbocycles. The normalized spacial score (nSPS) is 28.3. The number of morpholine rings is 1. The van der Waals surface area contributed by atoms with E-state index in [4.69, 9.17) is 9.47 Å². The maximum Gasteiger partial charge on any atom is 0.309 e. The summed E-state index contributed by atoms with van der Waals surface area (Å²) in [7, 11) is -4.44. The van der Waals surface area contributed by atoms with Crippen molar-refractivity contribution < 1.29 is 27.2 Å². The summed E-state index contributed by atoms with van der Waals surface area (Å²) >= 11 is 0. The van der Waals surface area contributed by atoms with Crippen LogP contribution >= 0.6 is 0 Å². The van der Waals surface area contributed by atoms with Gasteiger partial charge in [0.2, 0.25) is 0 Å². The van der Waals surface area contributed by atoms with E-state index in [-0.39, 0.29) is 18.4 Å². The fraction of sp³-hybridized carbons (Fsp3) is 0.933. The summed E-state index contributed by atoms with van der Waals surface area (Å²) in [6.45, 7) is 4.84. The highest BCUT2D eigenvalue weighted by Crippen LogP contribution is 2.29. The minimum atomic E-state index is -4.44. The number of ether oxygens (including phenoxy) is 2. The molecule has 0 radical (unpaired) electrons. The summed E-state index contributed by atoms with van der Waals surface area (Å²) in [5.41, 5.74) is 0. The Hall–Kier alpha value is -0.700. The average Bonchev–Trinajstić information content (AvgIpc) is 2.47. The van der Waals surface area contributed by atoms with Gasteiger partial charge in [-0.05, 0) is 31.6 Å². The van der Waals surface area contributed by atoms with Gasteiger partial charge in [-0.2, -0.15) is 0 Å². The first kappa shape index (κ1) is 18.6. The van der Waals surface area contributed by atoms with Gasteiger partial charge in [-0.3, -0.25) is 9.69 Å². The van der Waals surface area contributed by atoms with Crippen LogP contribution in [0.3, 0.4) is 0 Å². The summed E-state index contributed by atoms with van der Waals surface area (Å²) in [5, 5.41) is 0. The molecule has 134 valence electrons. The average molecular weight is 348 g/mol. The van der Waals surface area contributed by atoms with Gasteiger partial charge in [0.15, 0.2) is 0 Å². The molecule has 1 heterocycles. The molecule has 0 aromatic heterocycles. The van der Waals surface area contributed by atoms with Crippen LogP contribution in [0.2, 0.25) is 0 Å². The number of carbonyl (C=O) groups is 1. The Labute approximate surface area is 138 Å². The highest BCUT2D eigenvalue weighted by Gasteiger charge is 2.29. The highest BCUT2D eigenvalue weighted by molar-refractivity contribution is 7.85. The van der Waals surface area contributed by atoms with Crippen molar-refractivity contribution in [1.29, 1.82) is 0 Å². The molecular formula is C15H26NO6S-. The molecule has 2 aliphatic rings. The number of nitrogens with zero attached hydrogens (tertiary/aromatic N) is 1. The molecule has 1 aliphatic heterocycles. The van der Waals surface area contributed by atoms with E-state index in [1.54, 1.807) is 0 Å². The van der Waals surface area contributed by atoms with Crippen molar-refractivity contribution in [2.24, 2.45) is 11.8 Å². The molecule has 0 amide bonds. The van der Waals surface area contributed by atoms with Crippen LogP contribution in [0.25, 0.3) is 0 Å². The van der Waals surface area contributed by atoms with Gasteiger partial charge in [0, 0.05) is 19.6 Å². The summed E-state index contributed by atoms with van der Waals surface area (Å²) in [6, 6.07) is 0. The van der Waals surface area contributed by atoms with Crippen molar-refractivity contribution in [3.8, 4) is 0 Å². The van der Waals surface area contributed by atoms with Crippen LogP contribution in [0.15, 0.2) is 0 Å². The van der Waals surface area contributed by atoms with Crippen LogP contribution < -0.4 is 0 Å². The molecule has 2 fully saturated rings. The molecule has 1 saturated carbocycles. The van der Waals surface area contributed by atoms with Gasteiger partial charge in [0.05, 0.1) is 35.0 Å². The minimum absolute atomic E-state index is 0.173. The van der Waals surface area contributed by atoms with Crippen molar-refractivity contribution in [2.45, 2.75) is 38.7 Å². The smallest absolute Gasteiger partial charge is 0.309 e. The van der Waals surface area contributed by atoms with Crippen LogP contribution in [-0.4, -0.2) is 68.5 Å². The van der Waals surface area contributed by atoms with Crippen molar-refractivity contribution in [3.05, 3.63) is 0 Å². The van der Waals surface area contributed by atoms with Gasteiger partial charge in [-0.1, -0.05) is 6.92 Å². The Bertz CT molecular complexity index is 480. The first-order valence-electron chi connectivity index (χ1n) is 8.27. The number of carbonyl (C=O) groups excluding carboxylic acids is 1. The zero-order valence-corrected chi connectivity index (χ0v) is 14.4. The maximum absolute atomic E-state index is 12.3. The lowest BCUT2D eigenvalue weighted by molar-refractivity contribution is -0.155. The van der Waals surface area contributed by atoms with E-state index in [1.807, 2.05) is 4.90 Å². The lowest BCUT2D eigenvalue weighted by Gasteiger charge is -2.32. The predicted molar refractivity (Wildman–Crippen MR) is 82.8 cm³/mol. The quantitative estimate of drug-likeness (QED) is 0.512. The molecule has 23 heavy (non-hydrogen) atoms. The summed E-state index contributed by atoms with van der Waals surface area (Å²) in [5.74, 6) is -0.587. The van der Waals surface area contributed by atoms with Crippen molar-refractivity contribution in [1.82, 2.24) is 4.90 Å². The van der Waals surface area contributed by atoms with E-state index in [1.165, 1.54) is 0 Å². The molecule has 1 saturated heterocycles. The fourth-order valence-corrected chi connectivity index (χ4v) is 3.81. The Morgan fingerprint density at radius 1 is 1.26 bits per heavy atom. The Kier molecular flexibility index (Phi) is 6.82. The Morgan fingerprint density at radius 3 is 2.43 bits per heavy atom. The van der Waals surface area contributed by atoms with Gasteiger partial charge in [-0.25, -0.2) is 8.42 Å². The maximum atomic E-state index is 12.3. The molecular weight excluding hydrogens is 322 g/mol. The molecule has 0 N–H and O–H groups in total. The highest BCUT2D eigenvalue weighted by atomic mass is 32.2. The van der Waals surface area contributed by atoms with Gasteiger partial charge >= 0.3 is 5.97 Å². The predicted octanol–water partition coefficient (Wildman–Crippen LogP) is 0.602. The van der Waals surface area contributed by atoms with Crippen LogP contribution in [0, 0.1) is 11.8 Å². The Balaban J connectivity index is 1.91. The van der Waals surface area contributed by atoms with Crippen molar-refractivity contribution >= 4 is 16.1 Å². The summed E-state index contributed by atoms with van der Waals surface area (Å²) < 4.78 is 43.9. The number of hydrogen-bond donors (Lipinski definition) is 0. The standard InChI is InChI=1S/C15H27NO6S/c1-12-2-4-13(5-3-12)15(17)22-14(11-23(18,19)20)10-16-6-8-21-9-7-16/h12-14H,2-11H2,1H3,(H,18,19,20)/p-1. The SMILES string of the molecule is CC1CCC(C(=O)OC(CN2CCOCC2)CS(=O)(=O)[O-])CC1. The van der Waals surface area contributed by atoms with E-state index in [0.29, 0.717) is 32.2 Å². The Morgan fingerprint density at radius 2 is 1.87 bits per heavy atom. The first-order valence-corrected chi connectivity index (χ1v) is 9.85. The van der Waals surface area contributed by atoms with Crippen LogP contribution in [0.1, 0.15) is 32.6 Å². The molecule has 2 rings (SSSR count). The second-order valence-corrected chi connectivity index (χ2v) is 8.10. The van der Waals surface area contributed by atoms with E-state index < -0.39 is 22.0 Å². The van der Waals surface area contributed by atoms with Gasteiger partial charge in [0.25, 0.3) is 0 Å². The van der Waals surface area contributed by atoms with Crippen LogP contribution in [0.4, 0.5) is 0 Å². The van der Waals surface area contributed by atoms with Crippen LogP contribution in [-0.2, 0) is 24.4 Å². The lowest BCUT2D eigenvalue weighted by atomic mass is 9.83. The topological polar surface area (TPSA) is 96.0 Å². The van der Waals surface area contributed by atoms with Gasteiger partial charge in [0.1, 0.15) is 6.10 Å². The summed E-state index contributed by atoms with van der Waals surface area (Å²) in [6.07, 6.45) is 2.60. The first-order chi connectivity index (χ1) is 10.8. The molecule has 7 nitrogen and oxygen atoms in total. The number of rotatable bonds is 6. The van der Waals surface area contributed by atoms with Gasteiger partial charge in [-0.15, -0.1) is 0 Å². The second-order valence-electron chi connectivity index (χ2n) is 6.65. The molecule has 0 spiro atoms. The van der Waals surface area contributed by atoms with Crippen molar-refractivity contribution in [2.75, 3.05) is 38.6 Å². The number of hydrogen-bond acceptors (Lipinski definition) is 7. The molecule has 0 aromatic rings. The number of esters is 1. The fourth-order valence-electron chi connectivity index (χ4n) is 3.18. The zero-order chi connectivity index (χ0) is 16.9. The van der Waals surface area contributed by atoms with E-state index in [2.05, 4.69) is 6.92 Å². The van der Waals surface area contributed by atoms with Crippen LogP contribution in [0.5, 0.6) is 0 Å². The van der Waals surface area contributed by atoms with E-state index in [0.717, 1.165) is 25.7 Å². The molecule has 0 bridgehead atoms. The van der Waals surface area contributed by atoms with E-state index >= 15 is 0 Å². The largest absolute Gasteiger partial charge is 0.748 e. The molecule has 1 atom stereocenters. The van der Waals surface area contributed by atoms with Crippen molar-refractivity contribution in [3.63, 3.8) is 0 Å².